The van der Waals surface area contributed by atoms with Crippen LogP contribution in [-0.2, 0) is 6.54 Å². The molecule has 3 heteroatoms. The van der Waals surface area contributed by atoms with Gasteiger partial charge in [0.15, 0.2) is 0 Å². The molecule has 1 fully saturated rings. The van der Waals surface area contributed by atoms with Gasteiger partial charge in [0, 0.05) is 18.9 Å². The van der Waals surface area contributed by atoms with Gasteiger partial charge in [0.1, 0.15) is 0 Å². The van der Waals surface area contributed by atoms with E-state index in [1.54, 1.807) is 0 Å². The number of hydrogen-bond acceptors (Lipinski definition) is 3. The maximum Gasteiger partial charge on any atom is 0.0312 e. The Balaban J connectivity index is 2.08. The Morgan fingerprint density at radius 1 is 1.40 bits per heavy atom. The molecule has 2 heterocycles. The standard InChI is InChI=1S/C12H19N3/c1-15-4-2-11(3-5-15)12-6-10(7-13)8-14-9-12/h6,8-9,11H,2-5,7,13H2,1H3. The minimum absolute atomic E-state index is 0.591. The maximum absolute atomic E-state index is 5.62. The SMILES string of the molecule is CN1CCC(c2cncc(CN)c2)CC1. The molecule has 2 N–H and O–H groups in total. The average molecular weight is 205 g/mol. The van der Waals surface area contributed by atoms with E-state index >= 15 is 0 Å². The average Bonchev–Trinajstić information content (AvgIpc) is 2.30. The Bertz CT molecular complexity index is 316. The van der Waals surface area contributed by atoms with Crippen LogP contribution >= 0.6 is 0 Å². The normalized spacial score (nSPS) is 19.3. The van der Waals surface area contributed by atoms with Gasteiger partial charge in [0.25, 0.3) is 0 Å². The molecule has 1 saturated heterocycles. The molecular weight excluding hydrogens is 186 g/mol. The van der Waals surface area contributed by atoms with Crippen LogP contribution in [0.5, 0.6) is 0 Å². The van der Waals surface area contributed by atoms with Gasteiger partial charge in [-0.1, -0.05) is 6.07 Å². The molecule has 0 radical (unpaired) electrons. The van der Waals surface area contributed by atoms with E-state index in [0.717, 1.165) is 5.56 Å². The minimum atomic E-state index is 0.591. The van der Waals surface area contributed by atoms with E-state index in [-0.39, 0.29) is 0 Å². The fraction of sp³-hybridized carbons (Fsp3) is 0.583. The van der Waals surface area contributed by atoms with E-state index in [1.165, 1.54) is 31.5 Å². The summed E-state index contributed by atoms with van der Waals surface area (Å²) in [6, 6.07) is 2.21. The Morgan fingerprint density at radius 2 is 2.13 bits per heavy atom. The summed E-state index contributed by atoms with van der Waals surface area (Å²) in [6.07, 6.45) is 6.34. The molecule has 0 saturated carbocycles. The lowest BCUT2D eigenvalue weighted by molar-refractivity contribution is 0.255. The first-order valence-electron chi connectivity index (χ1n) is 5.62. The van der Waals surface area contributed by atoms with Crippen molar-refractivity contribution in [3.63, 3.8) is 0 Å². The second-order valence-electron chi connectivity index (χ2n) is 4.41. The highest BCUT2D eigenvalue weighted by Crippen LogP contribution is 2.27. The van der Waals surface area contributed by atoms with Crippen molar-refractivity contribution in [3.8, 4) is 0 Å². The summed E-state index contributed by atoms with van der Waals surface area (Å²) >= 11 is 0. The fourth-order valence-electron chi connectivity index (χ4n) is 2.18. The highest BCUT2D eigenvalue weighted by Gasteiger charge is 2.18. The number of nitrogens with two attached hydrogens (primary N) is 1. The van der Waals surface area contributed by atoms with E-state index in [0.29, 0.717) is 12.5 Å². The Kier molecular flexibility index (Phi) is 3.34. The van der Waals surface area contributed by atoms with Crippen LogP contribution in [0.2, 0.25) is 0 Å². The molecule has 3 nitrogen and oxygen atoms in total. The van der Waals surface area contributed by atoms with Crippen molar-refractivity contribution < 1.29 is 0 Å². The van der Waals surface area contributed by atoms with Crippen LogP contribution in [0.15, 0.2) is 18.5 Å². The highest BCUT2D eigenvalue weighted by molar-refractivity contribution is 5.22. The lowest BCUT2D eigenvalue weighted by Gasteiger charge is -2.29. The van der Waals surface area contributed by atoms with Gasteiger partial charge >= 0.3 is 0 Å². The van der Waals surface area contributed by atoms with Gasteiger partial charge < -0.3 is 10.6 Å². The minimum Gasteiger partial charge on any atom is -0.326 e. The molecule has 1 aromatic rings. The Hall–Kier alpha value is -0.930. The summed E-state index contributed by atoms with van der Waals surface area (Å²) in [4.78, 5) is 6.64. The van der Waals surface area contributed by atoms with Crippen molar-refractivity contribution in [1.82, 2.24) is 9.88 Å². The summed E-state index contributed by atoms with van der Waals surface area (Å²) in [5, 5.41) is 0. The molecule has 0 spiro atoms. The van der Waals surface area contributed by atoms with Crippen molar-refractivity contribution in [3.05, 3.63) is 29.6 Å². The number of rotatable bonds is 2. The van der Waals surface area contributed by atoms with E-state index in [4.69, 9.17) is 5.73 Å². The third-order valence-electron chi connectivity index (χ3n) is 3.24. The monoisotopic (exact) mass is 205 g/mol. The number of aromatic nitrogens is 1. The van der Waals surface area contributed by atoms with Gasteiger partial charge in [-0.25, -0.2) is 0 Å². The van der Waals surface area contributed by atoms with Gasteiger partial charge in [0.05, 0.1) is 0 Å². The lowest BCUT2D eigenvalue weighted by Crippen LogP contribution is -2.29. The van der Waals surface area contributed by atoms with Crippen molar-refractivity contribution in [2.24, 2.45) is 5.73 Å². The largest absolute Gasteiger partial charge is 0.326 e. The van der Waals surface area contributed by atoms with E-state index in [2.05, 4.69) is 23.0 Å². The zero-order chi connectivity index (χ0) is 10.7. The highest BCUT2D eigenvalue weighted by atomic mass is 15.1. The molecule has 0 aliphatic carbocycles. The number of nitrogens with zero attached hydrogens (tertiary/aromatic N) is 2. The van der Waals surface area contributed by atoms with Crippen molar-refractivity contribution in [2.75, 3.05) is 20.1 Å². The fourth-order valence-corrected chi connectivity index (χ4v) is 2.18. The molecule has 1 aromatic heterocycles. The molecule has 0 unspecified atom stereocenters. The second-order valence-corrected chi connectivity index (χ2v) is 4.41. The third-order valence-corrected chi connectivity index (χ3v) is 3.24. The van der Waals surface area contributed by atoms with Crippen LogP contribution in [0.4, 0.5) is 0 Å². The summed E-state index contributed by atoms with van der Waals surface area (Å²) in [5.41, 5.74) is 8.13. The first-order valence-corrected chi connectivity index (χ1v) is 5.62. The van der Waals surface area contributed by atoms with Crippen LogP contribution in [0.1, 0.15) is 29.9 Å². The maximum atomic E-state index is 5.62. The second kappa shape index (κ2) is 4.73. The van der Waals surface area contributed by atoms with E-state index < -0.39 is 0 Å². The zero-order valence-corrected chi connectivity index (χ0v) is 9.32. The van der Waals surface area contributed by atoms with Gasteiger partial charge in [-0.15, -0.1) is 0 Å². The van der Waals surface area contributed by atoms with E-state index in [9.17, 15) is 0 Å². The topological polar surface area (TPSA) is 42.2 Å². The quantitative estimate of drug-likeness (QED) is 0.792. The molecule has 82 valence electrons. The molecule has 15 heavy (non-hydrogen) atoms. The number of piperidine rings is 1. The molecule has 0 atom stereocenters. The van der Waals surface area contributed by atoms with Gasteiger partial charge in [0.2, 0.25) is 0 Å². The Morgan fingerprint density at radius 3 is 2.80 bits per heavy atom. The molecule has 2 rings (SSSR count). The van der Waals surface area contributed by atoms with Crippen LogP contribution < -0.4 is 5.73 Å². The van der Waals surface area contributed by atoms with Crippen LogP contribution in [0.3, 0.4) is 0 Å². The van der Waals surface area contributed by atoms with Gasteiger partial charge in [-0.3, -0.25) is 4.98 Å². The smallest absolute Gasteiger partial charge is 0.0312 e. The van der Waals surface area contributed by atoms with Gasteiger partial charge in [-0.05, 0) is 50.0 Å². The molecule has 0 amide bonds. The molecule has 0 aromatic carbocycles. The van der Waals surface area contributed by atoms with E-state index in [1.807, 2.05) is 12.4 Å². The van der Waals surface area contributed by atoms with Crippen molar-refractivity contribution in [1.29, 1.82) is 0 Å². The van der Waals surface area contributed by atoms with Crippen LogP contribution in [0.25, 0.3) is 0 Å². The van der Waals surface area contributed by atoms with Crippen molar-refractivity contribution >= 4 is 0 Å². The lowest BCUT2D eigenvalue weighted by atomic mass is 9.90. The molecular formula is C12H19N3. The van der Waals surface area contributed by atoms with Gasteiger partial charge in [-0.2, -0.15) is 0 Å². The predicted molar refractivity (Wildman–Crippen MR) is 61.6 cm³/mol. The number of hydrogen-bond donors (Lipinski definition) is 1. The summed E-state index contributed by atoms with van der Waals surface area (Å²) in [7, 11) is 2.19. The number of likely N-dealkylation sites (tertiary alicyclic amines) is 1. The van der Waals surface area contributed by atoms with Crippen molar-refractivity contribution in [2.45, 2.75) is 25.3 Å². The molecule has 1 aliphatic heterocycles. The summed E-state index contributed by atoms with van der Waals surface area (Å²) < 4.78 is 0. The predicted octanol–water partition coefficient (Wildman–Crippen LogP) is 1.35. The third kappa shape index (κ3) is 2.55. The van der Waals surface area contributed by atoms with Crippen LogP contribution in [-0.4, -0.2) is 30.0 Å². The number of pyridine rings is 1. The van der Waals surface area contributed by atoms with Crippen LogP contribution in [0, 0.1) is 0 Å². The summed E-state index contributed by atoms with van der Waals surface area (Å²) in [6.45, 7) is 2.97. The summed E-state index contributed by atoms with van der Waals surface area (Å²) in [5.74, 6) is 0.681. The first-order chi connectivity index (χ1) is 7.29. The first kappa shape index (κ1) is 10.6. The zero-order valence-electron chi connectivity index (χ0n) is 9.32. The Labute approximate surface area is 91.3 Å². The molecule has 0 bridgehead atoms. The molecule has 1 aliphatic rings.